The van der Waals surface area contributed by atoms with E-state index in [1.165, 1.54) is 5.56 Å². The molecule has 1 aromatic heterocycles. The van der Waals surface area contributed by atoms with Crippen LogP contribution in [0.4, 0.5) is 0 Å². The Morgan fingerprint density at radius 3 is 2.67 bits per heavy atom. The number of hydrogen-bond acceptors (Lipinski definition) is 4. The Morgan fingerprint density at radius 2 is 2.07 bits per heavy atom. The molecule has 5 nitrogen and oxygen atoms in total. The number of nitrogens with zero attached hydrogens (tertiary/aromatic N) is 4. The molecule has 0 bridgehead atoms. The summed E-state index contributed by atoms with van der Waals surface area (Å²) >= 11 is 0. The smallest absolute Gasteiger partial charge is 0.168 e. The average molecular weight is 203 g/mol. The van der Waals surface area contributed by atoms with E-state index in [0.717, 1.165) is 6.42 Å². The van der Waals surface area contributed by atoms with Crippen molar-refractivity contribution in [2.24, 2.45) is 12.8 Å². The van der Waals surface area contributed by atoms with Gasteiger partial charge < -0.3 is 5.73 Å². The van der Waals surface area contributed by atoms with Crippen LogP contribution in [0.2, 0.25) is 0 Å². The largest absolute Gasteiger partial charge is 0.321 e. The molecule has 0 fully saturated rings. The molecule has 2 aromatic rings. The zero-order valence-corrected chi connectivity index (χ0v) is 8.54. The number of benzene rings is 1. The summed E-state index contributed by atoms with van der Waals surface area (Å²) in [5, 5.41) is 11.2. The second-order valence-electron chi connectivity index (χ2n) is 3.46. The van der Waals surface area contributed by atoms with Gasteiger partial charge in [0.25, 0.3) is 0 Å². The first-order chi connectivity index (χ1) is 7.27. The molecule has 78 valence electrons. The van der Waals surface area contributed by atoms with E-state index in [9.17, 15) is 0 Å². The number of rotatable bonds is 3. The molecule has 0 aliphatic heterocycles. The molecule has 2 rings (SSSR count). The second-order valence-corrected chi connectivity index (χ2v) is 3.46. The lowest BCUT2D eigenvalue weighted by Gasteiger charge is -2.09. The maximum Gasteiger partial charge on any atom is 0.168 e. The van der Waals surface area contributed by atoms with Crippen LogP contribution >= 0.6 is 0 Å². The molecular formula is C10H13N5. The van der Waals surface area contributed by atoms with Gasteiger partial charge in [-0.1, -0.05) is 30.3 Å². The number of hydrogen-bond donors (Lipinski definition) is 1. The van der Waals surface area contributed by atoms with Gasteiger partial charge in [-0.3, -0.25) is 0 Å². The Labute approximate surface area is 87.9 Å². The fourth-order valence-electron chi connectivity index (χ4n) is 1.51. The quantitative estimate of drug-likeness (QED) is 0.786. The van der Waals surface area contributed by atoms with Crippen molar-refractivity contribution in [1.29, 1.82) is 0 Å². The predicted molar refractivity (Wildman–Crippen MR) is 55.9 cm³/mol. The molecule has 0 aliphatic carbocycles. The SMILES string of the molecule is Cn1nnnc1C(N)Cc1ccccc1. The minimum absolute atomic E-state index is 0.160. The Hall–Kier alpha value is -1.75. The molecule has 0 saturated heterocycles. The Bertz CT molecular complexity index is 422. The van der Waals surface area contributed by atoms with Crippen LogP contribution in [0, 0.1) is 0 Å². The number of aryl methyl sites for hydroxylation is 1. The highest BCUT2D eigenvalue weighted by Crippen LogP contribution is 2.11. The summed E-state index contributed by atoms with van der Waals surface area (Å²) in [5.41, 5.74) is 7.20. The zero-order valence-electron chi connectivity index (χ0n) is 8.54. The topological polar surface area (TPSA) is 69.6 Å². The lowest BCUT2D eigenvalue weighted by molar-refractivity contribution is 0.599. The normalized spacial score (nSPS) is 12.7. The van der Waals surface area contributed by atoms with Gasteiger partial charge in [0.2, 0.25) is 0 Å². The first-order valence-corrected chi connectivity index (χ1v) is 4.79. The van der Waals surface area contributed by atoms with Crippen molar-refractivity contribution in [2.45, 2.75) is 12.5 Å². The van der Waals surface area contributed by atoms with E-state index in [4.69, 9.17) is 5.73 Å². The lowest BCUT2D eigenvalue weighted by Crippen LogP contribution is -2.18. The van der Waals surface area contributed by atoms with E-state index in [2.05, 4.69) is 15.5 Å². The molecule has 15 heavy (non-hydrogen) atoms. The zero-order chi connectivity index (χ0) is 10.7. The summed E-state index contributed by atoms with van der Waals surface area (Å²) in [7, 11) is 1.79. The molecule has 0 aliphatic rings. The highest BCUT2D eigenvalue weighted by molar-refractivity contribution is 5.16. The Kier molecular flexibility index (Phi) is 2.73. The Morgan fingerprint density at radius 1 is 1.33 bits per heavy atom. The fraction of sp³-hybridized carbons (Fsp3) is 0.300. The molecule has 0 amide bonds. The molecule has 5 heteroatoms. The van der Waals surface area contributed by atoms with Gasteiger partial charge in [-0.15, -0.1) is 5.10 Å². The summed E-state index contributed by atoms with van der Waals surface area (Å²) in [6, 6.07) is 9.91. The van der Waals surface area contributed by atoms with Gasteiger partial charge in [0.1, 0.15) is 0 Å². The van der Waals surface area contributed by atoms with Crippen molar-refractivity contribution >= 4 is 0 Å². The van der Waals surface area contributed by atoms with E-state index < -0.39 is 0 Å². The van der Waals surface area contributed by atoms with Crippen molar-refractivity contribution in [3.05, 3.63) is 41.7 Å². The maximum absolute atomic E-state index is 6.01. The summed E-state index contributed by atoms with van der Waals surface area (Å²) < 4.78 is 1.60. The third-order valence-electron chi connectivity index (χ3n) is 2.28. The van der Waals surface area contributed by atoms with Crippen LogP contribution in [-0.4, -0.2) is 20.2 Å². The van der Waals surface area contributed by atoms with Gasteiger partial charge in [0.15, 0.2) is 5.82 Å². The summed E-state index contributed by atoms with van der Waals surface area (Å²) in [6.07, 6.45) is 0.745. The number of aromatic nitrogens is 4. The number of nitrogens with two attached hydrogens (primary N) is 1. The van der Waals surface area contributed by atoms with Crippen LogP contribution in [0.15, 0.2) is 30.3 Å². The van der Waals surface area contributed by atoms with Crippen molar-refractivity contribution in [3.63, 3.8) is 0 Å². The first kappa shape index (κ1) is 9.79. The van der Waals surface area contributed by atoms with Crippen LogP contribution < -0.4 is 5.73 Å². The molecule has 0 spiro atoms. The summed E-state index contributed by atoms with van der Waals surface area (Å²) in [6.45, 7) is 0. The fourth-order valence-corrected chi connectivity index (χ4v) is 1.51. The van der Waals surface area contributed by atoms with Crippen molar-refractivity contribution in [3.8, 4) is 0 Å². The standard InChI is InChI=1S/C10H13N5/c1-15-10(12-13-14-15)9(11)7-8-5-3-2-4-6-8/h2-6,9H,7,11H2,1H3. The van der Waals surface area contributed by atoms with Gasteiger partial charge in [0, 0.05) is 7.05 Å². The highest BCUT2D eigenvalue weighted by atomic mass is 15.5. The molecule has 0 saturated carbocycles. The van der Waals surface area contributed by atoms with E-state index >= 15 is 0 Å². The second kappa shape index (κ2) is 4.18. The molecule has 1 aromatic carbocycles. The lowest BCUT2D eigenvalue weighted by atomic mass is 10.1. The molecule has 2 N–H and O–H groups in total. The minimum atomic E-state index is -0.160. The van der Waals surface area contributed by atoms with Gasteiger partial charge in [-0.2, -0.15) is 0 Å². The average Bonchev–Trinajstić information content (AvgIpc) is 2.66. The molecule has 1 unspecified atom stereocenters. The number of tetrazole rings is 1. The third kappa shape index (κ3) is 2.19. The monoisotopic (exact) mass is 203 g/mol. The summed E-state index contributed by atoms with van der Waals surface area (Å²) in [5.74, 6) is 0.707. The Balaban J connectivity index is 2.11. The van der Waals surface area contributed by atoms with E-state index in [-0.39, 0.29) is 6.04 Å². The van der Waals surface area contributed by atoms with Crippen LogP contribution in [0.1, 0.15) is 17.4 Å². The van der Waals surface area contributed by atoms with Crippen LogP contribution in [0.3, 0.4) is 0 Å². The van der Waals surface area contributed by atoms with Gasteiger partial charge in [-0.25, -0.2) is 4.68 Å². The molecule has 1 heterocycles. The van der Waals surface area contributed by atoms with Crippen LogP contribution in [-0.2, 0) is 13.5 Å². The predicted octanol–water partition coefficient (Wildman–Crippen LogP) is 0.453. The van der Waals surface area contributed by atoms with Crippen molar-refractivity contribution in [2.75, 3.05) is 0 Å². The molecular weight excluding hydrogens is 190 g/mol. The molecule has 1 atom stereocenters. The van der Waals surface area contributed by atoms with Crippen molar-refractivity contribution in [1.82, 2.24) is 20.2 Å². The van der Waals surface area contributed by atoms with E-state index in [1.807, 2.05) is 30.3 Å². The first-order valence-electron chi connectivity index (χ1n) is 4.79. The maximum atomic E-state index is 6.01. The van der Waals surface area contributed by atoms with Gasteiger partial charge in [-0.05, 0) is 22.4 Å². The minimum Gasteiger partial charge on any atom is -0.321 e. The highest BCUT2D eigenvalue weighted by Gasteiger charge is 2.12. The molecule has 0 radical (unpaired) electrons. The summed E-state index contributed by atoms with van der Waals surface area (Å²) in [4.78, 5) is 0. The van der Waals surface area contributed by atoms with E-state index in [1.54, 1.807) is 11.7 Å². The van der Waals surface area contributed by atoms with E-state index in [0.29, 0.717) is 5.82 Å². The van der Waals surface area contributed by atoms with Crippen LogP contribution in [0.25, 0.3) is 0 Å². The van der Waals surface area contributed by atoms with Crippen LogP contribution in [0.5, 0.6) is 0 Å². The van der Waals surface area contributed by atoms with Gasteiger partial charge >= 0.3 is 0 Å². The van der Waals surface area contributed by atoms with Gasteiger partial charge in [0.05, 0.1) is 6.04 Å². The van der Waals surface area contributed by atoms with Crippen molar-refractivity contribution < 1.29 is 0 Å². The third-order valence-corrected chi connectivity index (χ3v) is 2.28.